The highest BCUT2D eigenvalue weighted by atomic mass is 16.5. The lowest BCUT2D eigenvalue weighted by atomic mass is 9.74. The fourth-order valence-electron chi connectivity index (χ4n) is 3.04. The molecule has 1 aromatic rings. The molecule has 0 spiro atoms. The van der Waals surface area contributed by atoms with E-state index in [0.29, 0.717) is 11.5 Å². The van der Waals surface area contributed by atoms with Crippen molar-refractivity contribution in [3.05, 3.63) is 24.3 Å². The van der Waals surface area contributed by atoms with Gasteiger partial charge in [0.25, 0.3) is 0 Å². The molecule has 2 atom stereocenters. The lowest BCUT2D eigenvalue weighted by molar-refractivity contribution is 0.0531. The molecule has 1 aromatic carbocycles. The van der Waals surface area contributed by atoms with Crippen LogP contribution in [0.15, 0.2) is 24.3 Å². The topological polar surface area (TPSA) is 30.5 Å². The van der Waals surface area contributed by atoms with Crippen molar-refractivity contribution in [3.8, 4) is 11.5 Å². The van der Waals surface area contributed by atoms with Gasteiger partial charge < -0.3 is 14.8 Å². The van der Waals surface area contributed by atoms with Crippen molar-refractivity contribution in [3.63, 3.8) is 0 Å². The van der Waals surface area contributed by atoms with Gasteiger partial charge in [0.05, 0.1) is 7.11 Å². The molecule has 3 heteroatoms. The van der Waals surface area contributed by atoms with Crippen LogP contribution in [-0.2, 0) is 0 Å². The highest BCUT2D eigenvalue weighted by Crippen LogP contribution is 2.37. The Labute approximate surface area is 129 Å². The van der Waals surface area contributed by atoms with E-state index >= 15 is 0 Å². The van der Waals surface area contributed by atoms with Crippen LogP contribution >= 0.6 is 0 Å². The molecule has 3 nitrogen and oxygen atoms in total. The number of hydrogen-bond donors (Lipinski definition) is 1. The van der Waals surface area contributed by atoms with Crippen molar-refractivity contribution in [1.82, 2.24) is 5.32 Å². The SMILES string of the molecule is CCCNC1CCC(C)(C)CC1Oc1ccc(OC)cc1. The fourth-order valence-corrected chi connectivity index (χ4v) is 3.04. The van der Waals surface area contributed by atoms with Gasteiger partial charge in [-0.15, -0.1) is 0 Å². The van der Waals surface area contributed by atoms with Crippen LogP contribution in [0.2, 0.25) is 0 Å². The van der Waals surface area contributed by atoms with Crippen LogP contribution in [0.4, 0.5) is 0 Å². The largest absolute Gasteiger partial charge is 0.497 e. The third kappa shape index (κ3) is 4.63. The van der Waals surface area contributed by atoms with Gasteiger partial charge >= 0.3 is 0 Å². The summed E-state index contributed by atoms with van der Waals surface area (Å²) in [4.78, 5) is 0. The summed E-state index contributed by atoms with van der Waals surface area (Å²) in [5.74, 6) is 1.80. The average Bonchev–Trinajstić information content (AvgIpc) is 2.47. The first kappa shape index (κ1) is 16.2. The Morgan fingerprint density at radius 3 is 2.48 bits per heavy atom. The van der Waals surface area contributed by atoms with Gasteiger partial charge in [0, 0.05) is 6.04 Å². The molecule has 0 saturated heterocycles. The molecule has 1 aliphatic rings. The van der Waals surface area contributed by atoms with Crippen LogP contribution in [0.3, 0.4) is 0 Å². The van der Waals surface area contributed by atoms with E-state index in [0.717, 1.165) is 30.9 Å². The van der Waals surface area contributed by atoms with Crippen LogP contribution < -0.4 is 14.8 Å². The number of methoxy groups -OCH3 is 1. The van der Waals surface area contributed by atoms with Crippen molar-refractivity contribution in [1.29, 1.82) is 0 Å². The quantitative estimate of drug-likeness (QED) is 0.858. The van der Waals surface area contributed by atoms with Crippen LogP contribution in [0.25, 0.3) is 0 Å². The summed E-state index contributed by atoms with van der Waals surface area (Å²) in [6.45, 7) is 7.95. The summed E-state index contributed by atoms with van der Waals surface area (Å²) in [7, 11) is 1.68. The second-order valence-electron chi connectivity index (χ2n) is 6.80. The zero-order chi connectivity index (χ0) is 15.3. The van der Waals surface area contributed by atoms with Crippen LogP contribution in [0, 0.1) is 5.41 Å². The van der Waals surface area contributed by atoms with E-state index in [2.05, 4.69) is 26.1 Å². The minimum absolute atomic E-state index is 0.244. The Morgan fingerprint density at radius 2 is 1.86 bits per heavy atom. The number of hydrogen-bond acceptors (Lipinski definition) is 3. The molecule has 0 amide bonds. The highest BCUT2D eigenvalue weighted by Gasteiger charge is 2.35. The molecule has 2 unspecified atom stereocenters. The predicted octanol–water partition coefficient (Wildman–Crippen LogP) is 4.02. The summed E-state index contributed by atoms with van der Waals surface area (Å²) in [5, 5.41) is 3.65. The average molecular weight is 291 g/mol. The first-order valence-electron chi connectivity index (χ1n) is 8.08. The van der Waals surface area contributed by atoms with Gasteiger partial charge in [0.15, 0.2) is 0 Å². The van der Waals surface area contributed by atoms with Gasteiger partial charge in [-0.25, -0.2) is 0 Å². The predicted molar refractivity (Wildman–Crippen MR) is 87.1 cm³/mol. The Bertz CT molecular complexity index is 427. The molecule has 1 saturated carbocycles. The third-order valence-corrected chi connectivity index (χ3v) is 4.34. The minimum Gasteiger partial charge on any atom is -0.497 e. The van der Waals surface area contributed by atoms with Crippen molar-refractivity contribution in [2.75, 3.05) is 13.7 Å². The molecule has 0 aliphatic heterocycles. The van der Waals surface area contributed by atoms with Gasteiger partial charge in [0.1, 0.15) is 17.6 Å². The van der Waals surface area contributed by atoms with E-state index in [1.54, 1.807) is 7.11 Å². The molecular formula is C18H29NO2. The fraction of sp³-hybridized carbons (Fsp3) is 0.667. The van der Waals surface area contributed by atoms with Gasteiger partial charge in [-0.3, -0.25) is 0 Å². The van der Waals surface area contributed by atoms with E-state index in [-0.39, 0.29) is 6.10 Å². The van der Waals surface area contributed by atoms with E-state index < -0.39 is 0 Å². The minimum atomic E-state index is 0.244. The van der Waals surface area contributed by atoms with Gasteiger partial charge in [-0.2, -0.15) is 0 Å². The van der Waals surface area contributed by atoms with Crippen molar-refractivity contribution < 1.29 is 9.47 Å². The molecule has 118 valence electrons. The molecule has 0 aromatic heterocycles. The van der Waals surface area contributed by atoms with Crippen LogP contribution in [0.1, 0.15) is 46.5 Å². The smallest absolute Gasteiger partial charge is 0.120 e. The maximum absolute atomic E-state index is 6.28. The van der Waals surface area contributed by atoms with Crippen molar-refractivity contribution in [2.45, 2.75) is 58.6 Å². The number of benzene rings is 1. The molecule has 1 fully saturated rings. The summed E-state index contributed by atoms with van der Waals surface area (Å²) >= 11 is 0. The number of nitrogens with one attached hydrogen (secondary N) is 1. The normalized spacial score (nSPS) is 24.6. The first-order valence-corrected chi connectivity index (χ1v) is 8.08. The molecule has 0 radical (unpaired) electrons. The molecule has 1 aliphatic carbocycles. The van der Waals surface area contributed by atoms with Gasteiger partial charge in [0.2, 0.25) is 0 Å². The summed E-state index contributed by atoms with van der Waals surface area (Å²) in [6, 6.07) is 8.37. The highest BCUT2D eigenvalue weighted by molar-refractivity contribution is 5.31. The number of ether oxygens (including phenoxy) is 2. The maximum atomic E-state index is 6.28. The maximum Gasteiger partial charge on any atom is 0.120 e. The lowest BCUT2D eigenvalue weighted by Crippen LogP contribution is -2.49. The van der Waals surface area contributed by atoms with Crippen molar-refractivity contribution >= 4 is 0 Å². The molecule has 0 bridgehead atoms. The zero-order valence-electron chi connectivity index (χ0n) is 13.8. The standard InChI is InChI=1S/C18H29NO2/c1-5-12-19-16-10-11-18(2,3)13-17(16)21-15-8-6-14(20-4)7-9-15/h6-9,16-17,19H,5,10-13H2,1-4H3. The monoisotopic (exact) mass is 291 g/mol. The molecule has 0 heterocycles. The Hall–Kier alpha value is -1.22. The van der Waals surface area contributed by atoms with E-state index in [1.807, 2.05) is 24.3 Å². The van der Waals surface area contributed by atoms with Crippen molar-refractivity contribution in [2.24, 2.45) is 5.41 Å². The molecule has 2 rings (SSSR count). The van der Waals surface area contributed by atoms with Gasteiger partial charge in [-0.1, -0.05) is 20.8 Å². The van der Waals surface area contributed by atoms with E-state index in [4.69, 9.17) is 9.47 Å². The van der Waals surface area contributed by atoms with Crippen LogP contribution in [0.5, 0.6) is 11.5 Å². The third-order valence-electron chi connectivity index (χ3n) is 4.34. The van der Waals surface area contributed by atoms with E-state index in [9.17, 15) is 0 Å². The first-order chi connectivity index (χ1) is 10.0. The van der Waals surface area contributed by atoms with E-state index in [1.165, 1.54) is 12.8 Å². The number of rotatable bonds is 6. The second kappa shape index (κ2) is 7.17. The Kier molecular flexibility index (Phi) is 5.51. The molecule has 1 N–H and O–H groups in total. The molecule has 21 heavy (non-hydrogen) atoms. The summed E-state index contributed by atoms with van der Waals surface area (Å²) in [5.41, 5.74) is 0.363. The Morgan fingerprint density at radius 1 is 1.19 bits per heavy atom. The lowest BCUT2D eigenvalue weighted by Gasteiger charge is -2.41. The molecular weight excluding hydrogens is 262 g/mol. The summed E-state index contributed by atoms with van der Waals surface area (Å²) < 4.78 is 11.5. The summed E-state index contributed by atoms with van der Waals surface area (Å²) in [6.07, 6.45) is 4.95. The zero-order valence-corrected chi connectivity index (χ0v) is 13.8. The Balaban J connectivity index is 2.03. The van der Waals surface area contributed by atoms with Gasteiger partial charge in [-0.05, 0) is 61.9 Å². The second-order valence-corrected chi connectivity index (χ2v) is 6.80. The van der Waals surface area contributed by atoms with Crippen LogP contribution in [-0.4, -0.2) is 25.8 Å².